The molecule has 10 nitrogen and oxygen atoms in total. The second-order valence-corrected chi connectivity index (χ2v) is 5.01. The van der Waals surface area contributed by atoms with E-state index < -0.39 is 28.7 Å². The summed E-state index contributed by atoms with van der Waals surface area (Å²) >= 11 is 0. The summed E-state index contributed by atoms with van der Waals surface area (Å²) in [4.78, 5) is 51.8. The van der Waals surface area contributed by atoms with Crippen molar-refractivity contribution in [1.82, 2.24) is 19.1 Å². The predicted octanol–water partition coefficient (Wildman–Crippen LogP) is -0.790. The number of aromatic carboxylic acids is 1. The van der Waals surface area contributed by atoms with Crippen molar-refractivity contribution in [2.45, 2.75) is 0 Å². The van der Waals surface area contributed by atoms with E-state index in [1.807, 2.05) is 4.98 Å². The molecular weight excluding hydrogens is 318 g/mol. The Balaban J connectivity index is 2.26. The van der Waals surface area contributed by atoms with Crippen molar-refractivity contribution in [2.24, 2.45) is 12.8 Å². The van der Waals surface area contributed by atoms with Crippen LogP contribution in [-0.2, 0) is 7.05 Å². The van der Waals surface area contributed by atoms with Crippen LogP contribution in [0.5, 0.6) is 0 Å². The van der Waals surface area contributed by atoms with Crippen LogP contribution in [0.15, 0.2) is 34.0 Å². The van der Waals surface area contributed by atoms with Crippen LogP contribution in [0.3, 0.4) is 0 Å². The van der Waals surface area contributed by atoms with Gasteiger partial charge in [0, 0.05) is 13.2 Å². The number of hydrogen-bond acceptors (Lipinski definition) is 5. The van der Waals surface area contributed by atoms with Crippen molar-refractivity contribution < 1.29 is 14.7 Å². The minimum Gasteiger partial charge on any atom is -0.477 e. The Kier molecular flexibility index (Phi) is 3.29. The third-order valence-electron chi connectivity index (χ3n) is 3.54. The van der Waals surface area contributed by atoms with E-state index in [2.05, 4.69) is 4.98 Å². The van der Waals surface area contributed by atoms with Crippen LogP contribution in [0.25, 0.3) is 16.7 Å². The maximum absolute atomic E-state index is 11.9. The Bertz CT molecular complexity index is 1120. The van der Waals surface area contributed by atoms with Crippen LogP contribution in [0.2, 0.25) is 0 Å². The molecule has 24 heavy (non-hydrogen) atoms. The molecule has 0 unspecified atom stereocenters. The molecule has 2 heterocycles. The minimum absolute atomic E-state index is 0.0437. The average molecular weight is 329 g/mol. The van der Waals surface area contributed by atoms with E-state index in [0.29, 0.717) is 11.0 Å². The molecule has 3 rings (SSSR count). The van der Waals surface area contributed by atoms with Crippen LogP contribution in [-0.4, -0.2) is 36.1 Å². The monoisotopic (exact) mass is 329 g/mol. The van der Waals surface area contributed by atoms with Gasteiger partial charge in [0.15, 0.2) is 5.82 Å². The number of aryl methyl sites for hydroxylation is 1. The van der Waals surface area contributed by atoms with E-state index in [9.17, 15) is 19.2 Å². The third-order valence-corrected chi connectivity index (χ3v) is 3.54. The van der Waals surface area contributed by atoms with Crippen molar-refractivity contribution in [3.05, 3.63) is 56.6 Å². The number of rotatable bonds is 3. The number of carboxylic acid groups (broad SMARTS) is 1. The maximum atomic E-state index is 11.9. The number of benzene rings is 1. The largest absolute Gasteiger partial charge is 0.477 e. The second kappa shape index (κ2) is 5.19. The van der Waals surface area contributed by atoms with Crippen molar-refractivity contribution in [3.8, 4) is 5.69 Å². The van der Waals surface area contributed by atoms with E-state index in [0.717, 1.165) is 10.8 Å². The Labute approximate surface area is 132 Å². The highest BCUT2D eigenvalue weighted by atomic mass is 16.4. The quantitative estimate of drug-likeness (QED) is 0.572. The van der Waals surface area contributed by atoms with Crippen LogP contribution in [0.1, 0.15) is 21.0 Å². The standard InChI is InChI=1S/C14H11N5O5/c1-18-9-3-2-6(4-8(9)16-11(18)10(15)20)19-5-7(13(22)23)12(21)17-14(19)24/h2-5H,1H3,(H2,15,20)(H,22,23)(H,17,21,24). The van der Waals surface area contributed by atoms with E-state index in [-0.39, 0.29) is 11.5 Å². The van der Waals surface area contributed by atoms with Gasteiger partial charge in [-0.15, -0.1) is 0 Å². The van der Waals surface area contributed by atoms with Crippen LogP contribution in [0, 0.1) is 0 Å². The summed E-state index contributed by atoms with van der Waals surface area (Å²) in [6, 6.07) is 4.61. The zero-order valence-corrected chi connectivity index (χ0v) is 12.3. The molecule has 4 N–H and O–H groups in total. The van der Waals surface area contributed by atoms with Gasteiger partial charge in [0.05, 0.1) is 16.7 Å². The molecule has 0 spiro atoms. The summed E-state index contributed by atoms with van der Waals surface area (Å²) in [6.07, 6.45) is 0.933. The van der Waals surface area contributed by atoms with E-state index >= 15 is 0 Å². The fraction of sp³-hybridized carbons (Fsp3) is 0.0714. The lowest BCUT2D eigenvalue weighted by atomic mass is 10.2. The number of H-pyrrole nitrogens is 1. The summed E-state index contributed by atoms with van der Waals surface area (Å²) in [5.41, 5.74) is 4.15. The fourth-order valence-corrected chi connectivity index (χ4v) is 2.37. The van der Waals surface area contributed by atoms with Crippen molar-refractivity contribution in [1.29, 1.82) is 0 Å². The van der Waals surface area contributed by atoms with Gasteiger partial charge in [0.2, 0.25) is 0 Å². The highest BCUT2D eigenvalue weighted by Gasteiger charge is 2.15. The Hall–Kier alpha value is -3.69. The lowest BCUT2D eigenvalue weighted by Gasteiger charge is -2.06. The van der Waals surface area contributed by atoms with Gasteiger partial charge in [-0.1, -0.05) is 0 Å². The summed E-state index contributed by atoms with van der Waals surface area (Å²) in [5.74, 6) is -2.12. The molecule has 0 saturated heterocycles. The van der Waals surface area contributed by atoms with Crippen molar-refractivity contribution in [2.75, 3.05) is 0 Å². The molecule has 0 aliphatic rings. The topological polar surface area (TPSA) is 153 Å². The lowest BCUT2D eigenvalue weighted by molar-refractivity contribution is 0.0693. The minimum atomic E-state index is -1.46. The molecule has 0 bridgehead atoms. The van der Waals surface area contributed by atoms with Gasteiger partial charge in [0.1, 0.15) is 5.56 Å². The Morgan fingerprint density at radius 1 is 1.29 bits per heavy atom. The summed E-state index contributed by atoms with van der Waals surface area (Å²) < 4.78 is 2.47. The van der Waals surface area contributed by atoms with Gasteiger partial charge in [0.25, 0.3) is 11.5 Å². The molecule has 0 saturated carbocycles. The summed E-state index contributed by atoms with van der Waals surface area (Å²) in [5, 5.41) is 9.00. The van der Waals surface area contributed by atoms with Crippen molar-refractivity contribution in [3.63, 3.8) is 0 Å². The van der Waals surface area contributed by atoms with Crippen LogP contribution < -0.4 is 17.0 Å². The van der Waals surface area contributed by atoms with Crippen LogP contribution >= 0.6 is 0 Å². The number of nitrogens with two attached hydrogens (primary N) is 1. The van der Waals surface area contributed by atoms with Gasteiger partial charge in [-0.05, 0) is 18.2 Å². The fourth-order valence-electron chi connectivity index (χ4n) is 2.37. The number of imidazole rings is 1. The number of nitrogens with one attached hydrogen (secondary N) is 1. The smallest absolute Gasteiger partial charge is 0.342 e. The number of primary amides is 1. The molecule has 2 aromatic heterocycles. The maximum Gasteiger partial charge on any atom is 0.342 e. The van der Waals surface area contributed by atoms with Crippen molar-refractivity contribution >= 4 is 22.9 Å². The molecule has 3 aromatic rings. The predicted molar refractivity (Wildman–Crippen MR) is 82.4 cm³/mol. The molecule has 0 aliphatic heterocycles. The lowest BCUT2D eigenvalue weighted by Crippen LogP contribution is -2.32. The first kappa shape index (κ1) is 15.2. The van der Waals surface area contributed by atoms with Gasteiger partial charge < -0.3 is 15.4 Å². The molecule has 10 heteroatoms. The first-order chi connectivity index (χ1) is 11.3. The molecule has 122 valence electrons. The number of fused-ring (bicyclic) bond motifs is 1. The Morgan fingerprint density at radius 2 is 2.00 bits per heavy atom. The number of aromatic amines is 1. The van der Waals surface area contributed by atoms with Crippen LogP contribution in [0.4, 0.5) is 0 Å². The zero-order valence-electron chi connectivity index (χ0n) is 12.3. The molecule has 1 aromatic carbocycles. The van der Waals surface area contributed by atoms with E-state index in [1.165, 1.54) is 16.7 Å². The van der Waals surface area contributed by atoms with E-state index in [4.69, 9.17) is 10.8 Å². The normalized spacial score (nSPS) is 10.9. The zero-order chi connectivity index (χ0) is 17.6. The van der Waals surface area contributed by atoms with Gasteiger partial charge >= 0.3 is 11.7 Å². The number of carbonyl (C=O) groups excluding carboxylic acids is 1. The number of carbonyl (C=O) groups is 2. The van der Waals surface area contributed by atoms with Gasteiger partial charge in [-0.3, -0.25) is 19.1 Å². The second-order valence-electron chi connectivity index (χ2n) is 5.01. The first-order valence-electron chi connectivity index (χ1n) is 6.65. The summed E-state index contributed by atoms with van der Waals surface area (Å²) in [7, 11) is 1.61. The molecule has 0 fully saturated rings. The number of nitrogens with zero attached hydrogens (tertiary/aromatic N) is 3. The molecule has 0 radical (unpaired) electrons. The SMILES string of the molecule is Cn1c(C(N)=O)nc2cc(-n3cc(C(=O)O)c(=O)[nH]c3=O)ccc21. The number of amides is 1. The number of hydrogen-bond donors (Lipinski definition) is 3. The third kappa shape index (κ3) is 2.26. The van der Waals surface area contributed by atoms with E-state index in [1.54, 1.807) is 13.1 Å². The Morgan fingerprint density at radius 3 is 2.62 bits per heavy atom. The highest BCUT2D eigenvalue weighted by molar-refractivity contribution is 5.94. The highest BCUT2D eigenvalue weighted by Crippen LogP contribution is 2.18. The summed E-state index contributed by atoms with van der Waals surface area (Å²) in [6.45, 7) is 0. The first-order valence-corrected chi connectivity index (χ1v) is 6.65. The number of carboxylic acids is 1. The molecule has 1 amide bonds. The molecule has 0 aliphatic carbocycles. The average Bonchev–Trinajstić information content (AvgIpc) is 2.83. The van der Waals surface area contributed by atoms with Gasteiger partial charge in [-0.2, -0.15) is 0 Å². The molecule has 0 atom stereocenters. The van der Waals surface area contributed by atoms with Gasteiger partial charge in [-0.25, -0.2) is 14.6 Å². The molecular formula is C14H11N5O5. The number of aromatic nitrogens is 4.